The van der Waals surface area contributed by atoms with Gasteiger partial charge in [0.15, 0.2) is 0 Å². The van der Waals surface area contributed by atoms with Crippen LogP contribution in [0, 0.1) is 0 Å². The Morgan fingerprint density at radius 3 is 1.51 bits per heavy atom. The Morgan fingerprint density at radius 2 is 1.00 bits per heavy atom. The molecule has 0 aliphatic carbocycles. The Hall–Kier alpha value is -4.56. The van der Waals surface area contributed by atoms with Gasteiger partial charge < -0.3 is 4.74 Å². The molecule has 0 aliphatic rings. The van der Waals surface area contributed by atoms with Crippen molar-refractivity contribution in [1.82, 2.24) is 10.2 Å². The second kappa shape index (κ2) is 10.0. The summed E-state index contributed by atoms with van der Waals surface area (Å²) in [6.07, 6.45) is -25.5. The van der Waals surface area contributed by atoms with Crippen LogP contribution in [0.25, 0.3) is 32.8 Å². The molecule has 0 unspecified atom stereocenters. The molecule has 5 aromatic rings. The van der Waals surface area contributed by atoms with Crippen molar-refractivity contribution in [3.63, 3.8) is 0 Å². The standard InChI is InChI=1S/C28H12F12N2O/c29-25(30,31)18-12-19(21(27(35,36)37)22(28(38,39)40)20(18)26(32,33)34)43-24-17-11-15-9-5-4-8-14(15)10-16(17)23(41-42-24)13-6-2-1-3-7-13/h1-12H. The molecular weight excluding hydrogens is 608 g/mol. The molecule has 15 heteroatoms. The van der Waals surface area contributed by atoms with Gasteiger partial charge in [0, 0.05) is 16.3 Å². The average molecular weight is 620 g/mol. The van der Waals surface area contributed by atoms with Crippen molar-refractivity contribution >= 4 is 21.5 Å². The molecule has 0 spiro atoms. The molecule has 0 saturated carbocycles. The summed E-state index contributed by atoms with van der Waals surface area (Å²) in [5.41, 5.74) is -12.7. The van der Waals surface area contributed by atoms with Gasteiger partial charge in [0.2, 0.25) is 5.88 Å². The van der Waals surface area contributed by atoms with E-state index in [4.69, 9.17) is 4.74 Å². The van der Waals surface area contributed by atoms with Crippen LogP contribution in [-0.2, 0) is 24.7 Å². The molecule has 0 fully saturated rings. The van der Waals surface area contributed by atoms with E-state index < -0.39 is 64.7 Å². The van der Waals surface area contributed by atoms with Gasteiger partial charge in [-0.05, 0) is 29.0 Å². The fourth-order valence-electron chi connectivity index (χ4n) is 4.63. The third-order valence-corrected chi connectivity index (χ3v) is 6.31. The number of ether oxygens (including phenoxy) is 1. The second-order valence-corrected chi connectivity index (χ2v) is 9.11. The molecule has 224 valence electrons. The highest BCUT2D eigenvalue weighted by Gasteiger charge is 2.56. The third-order valence-electron chi connectivity index (χ3n) is 6.31. The summed E-state index contributed by atoms with van der Waals surface area (Å²) in [5, 5.41) is 8.45. The Morgan fingerprint density at radius 1 is 0.488 bits per heavy atom. The average Bonchev–Trinajstić information content (AvgIpc) is 2.90. The van der Waals surface area contributed by atoms with Crippen molar-refractivity contribution in [2.75, 3.05) is 0 Å². The van der Waals surface area contributed by atoms with Crippen LogP contribution in [0.2, 0.25) is 0 Å². The zero-order valence-electron chi connectivity index (χ0n) is 20.8. The number of nitrogens with zero attached hydrogens (tertiary/aromatic N) is 2. The molecule has 0 atom stereocenters. The molecule has 0 radical (unpaired) electrons. The van der Waals surface area contributed by atoms with E-state index in [1.807, 2.05) is 0 Å². The molecule has 5 rings (SSSR count). The van der Waals surface area contributed by atoms with Crippen molar-refractivity contribution in [3.8, 4) is 22.9 Å². The van der Waals surface area contributed by atoms with E-state index in [0.29, 0.717) is 16.3 Å². The van der Waals surface area contributed by atoms with Crippen LogP contribution in [-0.4, -0.2) is 10.2 Å². The van der Waals surface area contributed by atoms with Crippen LogP contribution in [0.1, 0.15) is 22.3 Å². The molecule has 0 saturated heterocycles. The first-order valence-corrected chi connectivity index (χ1v) is 11.8. The minimum absolute atomic E-state index is 0.127. The molecule has 4 aromatic carbocycles. The lowest BCUT2D eigenvalue weighted by molar-refractivity contribution is -0.183. The first kappa shape index (κ1) is 29.9. The fourth-order valence-corrected chi connectivity index (χ4v) is 4.63. The summed E-state index contributed by atoms with van der Waals surface area (Å²) < 4.78 is 171. The summed E-state index contributed by atoms with van der Waals surface area (Å²) in [6.45, 7) is 0. The number of hydrogen-bond acceptors (Lipinski definition) is 3. The Balaban J connectivity index is 1.87. The van der Waals surface area contributed by atoms with Gasteiger partial charge >= 0.3 is 24.7 Å². The Labute approximate surface area is 232 Å². The van der Waals surface area contributed by atoms with Gasteiger partial charge in [0.05, 0.1) is 16.7 Å². The summed E-state index contributed by atoms with van der Waals surface area (Å²) in [7, 11) is 0. The van der Waals surface area contributed by atoms with Crippen LogP contribution in [0.4, 0.5) is 52.7 Å². The van der Waals surface area contributed by atoms with Gasteiger partial charge in [-0.3, -0.25) is 0 Å². The number of alkyl halides is 12. The lowest BCUT2D eigenvalue weighted by Gasteiger charge is -2.26. The number of benzene rings is 4. The van der Waals surface area contributed by atoms with Gasteiger partial charge in [0.1, 0.15) is 17.0 Å². The van der Waals surface area contributed by atoms with Gasteiger partial charge in [-0.1, -0.05) is 54.6 Å². The maximum atomic E-state index is 14.1. The Kier molecular flexibility index (Phi) is 6.97. The van der Waals surface area contributed by atoms with Crippen molar-refractivity contribution in [2.24, 2.45) is 0 Å². The SMILES string of the molecule is FC(F)(F)c1cc(Oc2nnc(-c3ccccc3)c3cc4ccccc4cc23)c(C(F)(F)F)c(C(F)(F)F)c1C(F)(F)F. The van der Waals surface area contributed by atoms with Crippen molar-refractivity contribution < 1.29 is 57.4 Å². The maximum Gasteiger partial charge on any atom is 0.420 e. The molecular formula is C28H12F12N2O. The number of fused-ring (bicyclic) bond motifs is 2. The normalized spacial score (nSPS) is 13.1. The number of rotatable bonds is 3. The van der Waals surface area contributed by atoms with Gasteiger partial charge in [-0.25, -0.2) is 0 Å². The van der Waals surface area contributed by atoms with Crippen LogP contribution in [0.5, 0.6) is 11.6 Å². The molecule has 43 heavy (non-hydrogen) atoms. The minimum Gasteiger partial charge on any atom is -0.436 e. The molecule has 1 heterocycles. The fraction of sp³-hybridized carbons (Fsp3) is 0.143. The minimum atomic E-state index is -6.55. The van der Waals surface area contributed by atoms with E-state index in [2.05, 4.69) is 10.2 Å². The monoisotopic (exact) mass is 620 g/mol. The van der Waals surface area contributed by atoms with Gasteiger partial charge in [-0.2, -0.15) is 52.7 Å². The van der Waals surface area contributed by atoms with Crippen molar-refractivity contribution in [2.45, 2.75) is 24.7 Å². The van der Waals surface area contributed by atoms with E-state index >= 15 is 0 Å². The molecule has 0 aliphatic heterocycles. The quantitative estimate of drug-likeness (QED) is 0.149. The van der Waals surface area contributed by atoms with Crippen LogP contribution >= 0.6 is 0 Å². The van der Waals surface area contributed by atoms with E-state index in [-0.39, 0.29) is 16.5 Å². The van der Waals surface area contributed by atoms with Crippen LogP contribution in [0.3, 0.4) is 0 Å². The molecule has 1 aromatic heterocycles. The van der Waals surface area contributed by atoms with Crippen molar-refractivity contribution in [1.29, 1.82) is 0 Å². The topological polar surface area (TPSA) is 35.0 Å². The lowest BCUT2D eigenvalue weighted by Crippen LogP contribution is -2.28. The first-order chi connectivity index (χ1) is 19.9. The third kappa shape index (κ3) is 5.62. The van der Waals surface area contributed by atoms with E-state index in [0.717, 1.165) is 0 Å². The summed E-state index contributed by atoms with van der Waals surface area (Å²) in [4.78, 5) is 0. The molecule has 0 amide bonds. The van der Waals surface area contributed by atoms with E-state index in [1.54, 1.807) is 54.6 Å². The highest BCUT2D eigenvalue weighted by atomic mass is 19.4. The van der Waals surface area contributed by atoms with Crippen molar-refractivity contribution in [3.05, 3.63) is 95.1 Å². The maximum absolute atomic E-state index is 14.1. The largest absolute Gasteiger partial charge is 0.436 e. The first-order valence-electron chi connectivity index (χ1n) is 11.8. The predicted octanol–water partition coefficient (Wildman–Crippen LogP) is 10.3. The van der Waals surface area contributed by atoms with Gasteiger partial charge in [0.25, 0.3) is 0 Å². The molecule has 3 nitrogen and oxygen atoms in total. The lowest BCUT2D eigenvalue weighted by atomic mass is 9.92. The smallest absolute Gasteiger partial charge is 0.420 e. The van der Waals surface area contributed by atoms with Crippen LogP contribution < -0.4 is 4.74 Å². The van der Waals surface area contributed by atoms with Crippen LogP contribution in [0.15, 0.2) is 72.8 Å². The van der Waals surface area contributed by atoms with E-state index in [9.17, 15) is 52.7 Å². The number of aromatic nitrogens is 2. The van der Waals surface area contributed by atoms with Gasteiger partial charge in [-0.15, -0.1) is 10.2 Å². The number of hydrogen-bond donors (Lipinski definition) is 0. The zero-order valence-corrected chi connectivity index (χ0v) is 20.8. The number of halogens is 12. The Bertz CT molecular complexity index is 1840. The highest BCUT2D eigenvalue weighted by Crippen LogP contribution is 2.55. The highest BCUT2D eigenvalue weighted by molar-refractivity contribution is 6.05. The summed E-state index contributed by atoms with van der Waals surface area (Å²) in [5.74, 6) is -3.18. The van der Waals surface area contributed by atoms with E-state index in [1.165, 1.54) is 12.1 Å². The summed E-state index contributed by atoms with van der Waals surface area (Å²) in [6, 6.07) is 16.5. The second-order valence-electron chi connectivity index (χ2n) is 9.11. The zero-order chi connectivity index (χ0) is 31.5. The molecule has 0 bridgehead atoms. The summed E-state index contributed by atoms with van der Waals surface area (Å²) >= 11 is 0. The molecule has 0 N–H and O–H groups in total. The predicted molar refractivity (Wildman–Crippen MR) is 129 cm³/mol.